The zero-order chi connectivity index (χ0) is 12.6. The molecule has 3 nitrogen and oxygen atoms in total. The van der Waals surface area contributed by atoms with Gasteiger partial charge in [-0.15, -0.1) is 0 Å². The fourth-order valence-electron chi connectivity index (χ4n) is 2.37. The quantitative estimate of drug-likeness (QED) is 0.809. The third kappa shape index (κ3) is 2.07. The number of rotatable bonds is 1. The Morgan fingerprint density at radius 2 is 2.18 bits per heavy atom. The van der Waals surface area contributed by atoms with Crippen LogP contribution in [-0.2, 0) is 4.79 Å². The lowest BCUT2D eigenvalue weighted by atomic mass is 9.95. The summed E-state index contributed by atoms with van der Waals surface area (Å²) >= 11 is 0. The van der Waals surface area contributed by atoms with Crippen LogP contribution in [0.15, 0.2) is 18.2 Å². The van der Waals surface area contributed by atoms with Crippen LogP contribution in [0.4, 0.5) is 5.69 Å². The first-order chi connectivity index (χ1) is 8.02. The molecule has 1 aromatic carbocycles. The Kier molecular flexibility index (Phi) is 3.20. The second-order valence-corrected chi connectivity index (χ2v) is 4.96. The molecule has 1 amide bonds. The predicted octanol–water partition coefficient (Wildman–Crippen LogP) is 2.42. The van der Waals surface area contributed by atoms with E-state index in [4.69, 9.17) is 0 Å². The van der Waals surface area contributed by atoms with Crippen LogP contribution in [0.2, 0.25) is 0 Å². The van der Waals surface area contributed by atoms with Crippen LogP contribution >= 0.6 is 0 Å². The number of hydrogen-bond donors (Lipinski definition) is 1. The van der Waals surface area contributed by atoms with Gasteiger partial charge in [-0.2, -0.15) is 0 Å². The van der Waals surface area contributed by atoms with Gasteiger partial charge in [0.1, 0.15) is 0 Å². The second-order valence-electron chi connectivity index (χ2n) is 4.96. The standard InChI is InChI=1S/C14H19NO2/c1-9(2)14(17)15-8-7-12(16)11-6-4-5-10(3)13(11)15/h4-6,9,12,16H,7-8H2,1-3H3. The van der Waals surface area contributed by atoms with Crippen molar-refractivity contribution in [3.05, 3.63) is 29.3 Å². The summed E-state index contributed by atoms with van der Waals surface area (Å²) in [5.74, 6) is 0.116. The van der Waals surface area contributed by atoms with E-state index in [0.29, 0.717) is 13.0 Å². The fraction of sp³-hybridized carbons (Fsp3) is 0.500. The van der Waals surface area contributed by atoms with E-state index in [-0.39, 0.29) is 11.8 Å². The van der Waals surface area contributed by atoms with Crippen molar-refractivity contribution in [2.45, 2.75) is 33.3 Å². The Morgan fingerprint density at radius 1 is 1.47 bits per heavy atom. The third-order valence-corrected chi connectivity index (χ3v) is 3.28. The summed E-state index contributed by atoms with van der Waals surface area (Å²) in [4.78, 5) is 14.0. The first-order valence-electron chi connectivity index (χ1n) is 6.11. The maximum Gasteiger partial charge on any atom is 0.229 e. The summed E-state index contributed by atoms with van der Waals surface area (Å²) in [6, 6.07) is 5.82. The predicted molar refractivity (Wildman–Crippen MR) is 67.9 cm³/mol. The van der Waals surface area contributed by atoms with Gasteiger partial charge in [0.15, 0.2) is 0 Å². The lowest BCUT2D eigenvalue weighted by molar-refractivity contribution is -0.121. The van der Waals surface area contributed by atoms with Crippen molar-refractivity contribution in [2.75, 3.05) is 11.4 Å². The average Bonchev–Trinajstić information content (AvgIpc) is 2.30. The highest BCUT2D eigenvalue weighted by molar-refractivity contribution is 5.96. The number of amides is 1. The van der Waals surface area contributed by atoms with Gasteiger partial charge in [0.25, 0.3) is 0 Å². The maximum absolute atomic E-state index is 12.2. The van der Waals surface area contributed by atoms with Crippen LogP contribution in [0.3, 0.4) is 0 Å². The summed E-state index contributed by atoms with van der Waals surface area (Å²) in [5, 5.41) is 9.99. The first-order valence-corrected chi connectivity index (χ1v) is 6.11. The minimum atomic E-state index is -0.443. The van der Waals surface area contributed by atoms with Crippen LogP contribution in [0, 0.1) is 12.8 Å². The van der Waals surface area contributed by atoms with Gasteiger partial charge in [0, 0.05) is 18.0 Å². The van der Waals surface area contributed by atoms with Crippen molar-refractivity contribution in [2.24, 2.45) is 5.92 Å². The molecule has 0 fully saturated rings. The molecule has 0 radical (unpaired) electrons. The fourth-order valence-corrected chi connectivity index (χ4v) is 2.37. The highest BCUT2D eigenvalue weighted by Gasteiger charge is 2.29. The topological polar surface area (TPSA) is 40.5 Å². The van der Waals surface area contributed by atoms with E-state index in [1.165, 1.54) is 0 Å². The molecule has 0 spiro atoms. The molecular formula is C14H19NO2. The molecule has 1 heterocycles. The van der Waals surface area contributed by atoms with E-state index in [9.17, 15) is 9.90 Å². The Morgan fingerprint density at radius 3 is 2.82 bits per heavy atom. The van der Waals surface area contributed by atoms with Crippen molar-refractivity contribution >= 4 is 11.6 Å². The Hall–Kier alpha value is -1.35. The van der Waals surface area contributed by atoms with Crippen molar-refractivity contribution in [3.63, 3.8) is 0 Å². The molecule has 3 heteroatoms. The van der Waals surface area contributed by atoms with E-state index >= 15 is 0 Å². The van der Waals surface area contributed by atoms with Crippen LogP contribution in [0.25, 0.3) is 0 Å². The Labute approximate surface area is 102 Å². The summed E-state index contributed by atoms with van der Waals surface area (Å²) in [5.41, 5.74) is 2.84. The molecule has 92 valence electrons. The highest BCUT2D eigenvalue weighted by Crippen LogP contribution is 2.36. The number of nitrogens with zero attached hydrogens (tertiary/aromatic N) is 1. The molecule has 0 aliphatic carbocycles. The maximum atomic E-state index is 12.2. The van der Waals surface area contributed by atoms with Gasteiger partial charge in [0.2, 0.25) is 5.91 Å². The highest BCUT2D eigenvalue weighted by atomic mass is 16.3. The molecule has 0 aromatic heterocycles. The number of carbonyl (C=O) groups excluding carboxylic acids is 1. The number of carbonyl (C=O) groups is 1. The van der Waals surface area contributed by atoms with Crippen LogP contribution in [0.1, 0.15) is 37.5 Å². The molecule has 1 N–H and O–H groups in total. The van der Waals surface area contributed by atoms with E-state index in [1.807, 2.05) is 43.9 Å². The average molecular weight is 233 g/mol. The van der Waals surface area contributed by atoms with Gasteiger partial charge in [0.05, 0.1) is 11.8 Å². The van der Waals surface area contributed by atoms with Gasteiger partial charge in [-0.25, -0.2) is 0 Å². The summed E-state index contributed by atoms with van der Waals surface area (Å²) < 4.78 is 0. The largest absolute Gasteiger partial charge is 0.388 e. The molecular weight excluding hydrogens is 214 g/mol. The number of benzene rings is 1. The molecule has 1 atom stereocenters. The van der Waals surface area contributed by atoms with Gasteiger partial charge in [-0.1, -0.05) is 32.0 Å². The molecule has 2 rings (SSSR count). The Bertz CT molecular complexity index is 440. The molecule has 1 aliphatic rings. The monoisotopic (exact) mass is 233 g/mol. The number of aliphatic hydroxyl groups excluding tert-OH is 1. The zero-order valence-electron chi connectivity index (χ0n) is 10.6. The number of aryl methyl sites for hydroxylation is 1. The molecule has 0 bridgehead atoms. The van der Waals surface area contributed by atoms with Crippen LogP contribution in [-0.4, -0.2) is 17.6 Å². The second kappa shape index (κ2) is 4.49. The lowest BCUT2D eigenvalue weighted by Gasteiger charge is -2.34. The normalized spacial score (nSPS) is 19.4. The van der Waals surface area contributed by atoms with Crippen molar-refractivity contribution in [1.82, 2.24) is 0 Å². The van der Waals surface area contributed by atoms with E-state index in [0.717, 1.165) is 16.8 Å². The van der Waals surface area contributed by atoms with Gasteiger partial charge in [-0.05, 0) is 18.9 Å². The van der Waals surface area contributed by atoms with Crippen LogP contribution in [0.5, 0.6) is 0 Å². The SMILES string of the molecule is Cc1cccc2c1N(C(=O)C(C)C)CCC2O. The molecule has 1 aliphatic heterocycles. The third-order valence-electron chi connectivity index (χ3n) is 3.28. The van der Waals surface area contributed by atoms with Crippen LogP contribution < -0.4 is 4.90 Å². The summed E-state index contributed by atoms with van der Waals surface area (Å²) in [7, 11) is 0. The number of para-hydroxylation sites is 1. The molecule has 0 saturated heterocycles. The summed E-state index contributed by atoms with van der Waals surface area (Å²) in [6.07, 6.45) is 0.177. The summed E-state index contributed by atoms with van der Waals surface area (Å²) in [6.45, 7) is 6.41. The smallest absolute Gasteiger partial charge is 0.229 e. The molecule has 0 saturated carbocycles. The minimum Gasteiger partial charge on any atom is -0.388 e. The number of aliphatic hydroxyl groups is 1. The van der Waals surface area contributed by atoms with Gasteiger partial charge in [-0.3, -0.25) is 4.79 Å². The number of anilines is 1. The molecule has 1 unspecified atom stereocenters. The first kappa shape index (κ1) is 12.1. The van der Waals surface area contributed by atoms with Gasteiger partial charge >= 0.3 is 0 Å². The van der Waals surface area contributed by atoms with Gasteiger partial charge < -0.3 is 10.0 Å². The number of fused-ring (bicyclic) bond motifs is 1. The zero-order valence-corrected chi connectivity index (χ0v) is 10.6. The Balaban J connectivity index is 2.48. The molecule has 17 heavy (non-hydrogen) atoms. The van der Waals surface area contributed by atoms with Crippen molar-refractivity contribution in [3.8, 4) is 0 Å². The molecule has 1 aromatic rings. The minimum absolute atomic E-state index is 0.0160. The van der Waals surface area contributed by atoms with Crippen molar-refractivity contribution in [1.29, 1.82) is 0 Å². The number of hydrogen-bond acceptors (Lipinski definition) is 2. The van der Waals surface area contributed by atoms with E-state index in [1.54, 1.807) is 0 Å². The van der Waals surface area contributed by atoms with E-state index in [2.05, 4.69) is 0 Å². The van der Waals surface area contributed by atoms with Crippen molar-refractivity contribution < 1.29 is 9.90 Å². The lowest BCUT2D eigenvalue weighted by Crippen LogP contribution is -2.39. The van der Waals surface area contributed by atoms with E-state index < -0.39 is 6.10 Å².